The molecule has 1 atom stereocenters. The molecule has 0 spiro atoms. The van der Waals surface area contributed by atoms with E-state index in [0.29, 0.717) is 13.2 Å². The second kappa shape index (κ2) is 8.75. The van der Waals surface area contributed by atoms with Crippen LogP contribution >= 0.6 is 0 Å². The van der Waals surface area contributed by atoms with E-state index < -0.39 is 0 Å². The van der Waals surface area contributed by atoms with E-state index in [9.17, 15) is 4.79 Å². The Kier molecular flexibility index (Phi) is 6.16. The zero-order chi connectivity index (χ0) is 19.2. The summed E-state index contributed by atoms with van der Waals surface area (Å²) >= 11 is 0. The van der Waals surface area contributed by atoms with Crippen molar-refractivity contribution in [3.8, 4) is 0 Å². The molecular formula is C22H25N3O2. The molecule has 5 heteroatoms. The lowest BCUT2D eigenvalue weighted by Gasteiger charge is -2.24. The maximum absolute atomic E-state index is 13.0. The molecular weight excluding hydrogens is 338 g/mol. The van der Waals surface area contributed by atoms with Crippen molar-refractivity contribution in [3.63, 3.8) is 0 Å². The first kappa shape index (κ1) is 19.0. The quantitative estimate of drug-likeness (QED) is 0.689. The minimum atomic E-state index is -0.376. The van der Waals surface area contributed by atoms with Crippen LogP contribution in [0.15, 0.2) is 60.9 Å². The molecule has 0 aliphatic heterocycles. The van der Waals surface area contributed by atoms with Crippen LogP contribution in [0.1, 0.15) is 24.1 Å². The van der Waals surface area contributed by atoms with Crippen LogP contribution in [0.5, 0.6) is 0 Å². The maximum Gasteiger partial charge on any atom is 0.246 e. The summed E-state index contributed by atoms with van der Waals surface area (Å²) in [5, 5.41) is 5.13. The number of fused-ring (bicyclic) bond motifs is 1. The topological polar surface area (TPSA) is 54.5 Å². The van der Waals surface area contributed by atoms with Gasteiger partial charge in [-0.15, -0.1) is 0 Å². The molecule has 2 aromatic carbocycles. The second-order valence-electron chi connectivity index (χ2n) is 6.67. The summed E-state index contributed by atoms with van der Waals surface area (Å²) in [4.78, 5) is 19.0. The second-order valence-corrected chi connectivity index (χ2v) is 6.67. The lowest BCUT2D eigenvalue weighted by molar-refractivity contribution is -0.120. The number of rotatable bonds is 7. The lowest BCUT2D eigenvalue weighted by atomic mass is 10.0. The largest absolute Gasteiger partial charge is 0.377 e. The molecule has 3 rings (SSSR count). The highest BCUT2D eigenvalue weighted by atomic mass is 16.5. The first-order chi connectivity index (χ1) is 13.1. The molecule has 1 N–H and O–H groups in total. The Morgan fingerprint density at radius 1 is 1.11 bits per heavy atom. The highest BCUT2D eigenvalue weighted by Gasteiger charge is 2.23. The van der Waals surface area contributed by atoms with Crippen LogP contribution < -0.4 is 5.32 Å². The van der Waals surface area contributed by atoms with Crippen molar-refractivity contribution in [1.29, 1.82) is 0 Å². The number of hydrogen-bond donors (Lipinski definition) is 1. The highest BCUT2D eigenvalue weighted by Crippen LogP contribution is 2.23. The number of hydrogen-bond acceptors (Lipinski definition) is 4. The summed E-state index contributed by atoms with van der Waals surface area (Å²) in [5.41, 5.74) is 2.82. The predicted octanol–water partition coefficient (Wildman–Crippen LogP) is 4.01. The molecule has 0 fully saturated rings. The third-order valence-corrected chi connectivity index (χ3v) is 4.44. The van der Waals surface area contributed by atoms with Crippen LogP contribution in [-0.4, -0.2) is 36.5 Å². The van der Waals surface area contributed by atoms with Crippen molar-refractivity contribution in [3.05, 3.63) is 72.1 Å². The van der Waals surface area contributed by atoms with Crippen LogP contribution in [0.2, 0.25) is 0 Å². The van der Waals surface area contributed by atoms with Gasteiger partial charge in [-0.25, -0.2) is 0 Å². The van der Waals surface area contributed by atoms with Gasteiger partial charge in [0.2, 0.25) is 5.91 Å². The molecule has 1 heterocycles. The van der Waals surface area contributed by atoms with Crippen molar-refractivity contribution >= 4 is 22.4 Å². The molecule has 1 amide bonds. The zero-order valence-electron chi connectivity index (χ0n) is 16.0. The van der Waals surface area contributed by atoms with Crippen LogP contribution in [-0.2, 0) is 16.1 Å². The molecule has 0 aliphatic carbocycles. The summed E-state index contributed by atoms with van der Waals surface area (Å²) in [5.74, 6) is -0.0639. The standard InChI is InChI=1S/C22H25N3O2/c1-4-27-15-16-5-7-17(8-6-16)21(25(2)3)22(26)24-20-10-9-19-14-23-12-11-18(19)13-20/h5-14,21H,4,15H2,1-3H3,(H,24,26)/t21-/m1/s1. The Morgan fingerprint density at radius 2 is 1.89 bits per heavy atom. The van der Waals surface area contributed by atoms with Gasteiger partial charge in [-0.3, -0.25) is 14.7 Å². The van der Waals surface area contributed by atoms with Gasteiger partial charge in [-0.05, 0) is 55.7 Å². The number of likely N-dealkylation sites (N-methyl/N-ethyl adjacent to an activating group) is 1. The van der Waals surface area contributed by atoms with E-state index in [-0.39, 0.29) is 11.9 Å². The van der Waals surface area contributed by atoms with E-state index in [1.807, 2.05) is 80.6 Å². The number of anilines is 1. The van der Waals surface area contributed by atoms with Crippen molar-refractivity contribution in [2.24, 2.45) is 0 Å². The number of nitrogens with one attached hydrogen (secondary N) is 1. The van der Waals surface area contributed by atoms with E-state index in [0.717, 1.165) is 27.6 Å². The fraction of sp³-hybridized carbons (Fsp3) is 0.273. The number of nitrogens with zero attached hydrogens (tertiary/aromatic N) is 2. The van der Waals surface area contributed by atoms with Crippen LogP contribution in [0.3, 0.4) is 0 Å². The van der Waals surface area contributed by atoms with Gasteiger partial charge in [0.15, 0.2) is 0 Å². The maximum atomic E-state index is 13.0. The van der Waals surface area contributed by atoms with Gasteiger partial charge < -0.3 is 10.1 Å². The fourth-order valence-electron chi connectivity index (χ4n) is 3.07. The first-order valence-electron chi connectivity index (χ1n) is 9.06. The number of amides is 1. The summed E-state index contributed by atoms with van der Waals surface area (Å²) in [6, 6.07) is 15.4. The normalized spacial score (nSPS) is 12.3. The minimum Gasteiger partial charge on any atom is -0.377 e. The number of benzene rings is 2. The zero-order valence-corrected chi connectivity index (χ0v) is 16.0. The van der Waals surface area contributed by atoms with Gasteiger partial charge in [0.25, 0.3) is 0 Å². The number of carbonyl (C=O) groups excluding carboxylic acids is 1. The highest BCUT2D eigenvalue weighted by molar-refractivity contribution is 5.97. The molecule has 3 aromatic rings. The fourth-order valence-corrected chi connectivity index (χ4v) is 3.07. The van der Waals surface area contributed by atoms with E-state index in [1.165, 1.54) is 0 Å². The van der Waals surface area contributed by atoms with Crippen molar-refractivity contribution < 1.29 is 9.53 Å². The number of aromatic nitrogens is 1. The van der Waals surface area contributed by atoms with Gasteiger partial charge in [0, 0.05) is 30.1 Å². The molecule has 0 saturated carbocycles. The van der Waals surface area contributed by atoms with E-state index in [4.69, 9.17) is 4.74 Å². The van der Waals surface area contributed by atoms with E-state index in [2.05, 4.69) is 10.3 Å². The third-order valence-electron chi connectivity index (χ3n) is 4.44. The summed E-state index contributed by atoms with van der Waals surface area (Å²) in [6.45, 7) is 3.25. The molecule has 0 saturated heterocycles. The van der Waals surface area contributed by atoms with Crippen LogP contribution in [0.4, 0.5) is 5.69 Å². The SMILES string of the molecule is CCOCc1ccc([C@H](C(=O)Nc2ccc3cnccc3c2)N(C)C)cc1. The Hall–Kier alpha value is -2.76. The monoisotopic (exact) mass is 363 g/mol. The molecule has 0 bridgehead atoms. The van der Waals surface area contributed by atoms with Gasteiger partial charge in [0.1, 0.15) is 6.04 Å². The summed E-state index contributed by atoms with van der Waals surface area (Å²) < 4.78 is 5.43. The average molecular weight is 363 g/mol. The molecule has 0 aliphatic rings. The lowest BCUT2D eigenvalue weighted by Crippen LogP contribution is -2.32. The summed E-state index contributed by atoms with van der Waals surface area (Å²) in [6.07, 6.45) is 3.56. The van der Waals surface area contributed by atoms with Gasteiger partial charge in [-0.1, -0.05) is 30.3 Å². The Morgan fingerprint density at radius 3 is 2.59 bits per heavy atom. The smallest absolute Gasteiger partial charge is 0.246 e. The minimum absolute atomic E-state index is 0.0639. The Labute approximate surface area is 160 Å². The van der Waals surface area contributed by atoms with E-state index in [1.54, 1.807) is 6.20 Å². The summed E-state index contributed by atoms with van der Waals surface area (Å²) in [7, 11) is 3.81. The van der Waals surface area contributed by atoms with Crippen molar-refractivity contribution in [2.45, 2.75) is 19.6 Å². The Bertz CT molecular complexity index is 907. The first-order valence-corrected chi connectivity index (χ1v) is 9.06. The molecule has 0 radical (unpaired) electrons. The molecule has 0 unspecified atom stereocenters. The van der Waals surface area contributed by atoms with Gasteiger partial charge in [-0.2, -0.15) is 0 Å². The Balaban J connectivity index is 1.78. The number of pyridine rings is 1. The molecule has 5 nitrogen and oxygen atoms in total. The number of carbonyl (C=O) groups is 1. The average Bonchev–Trinajstić information content (AvgIpc) is 2.67. The van der Waals surface area contributed by atoms with Crippen LogP contribution in [0.25, 0.3) is 10.8 Å². The van der Waals surface area contributed by atoms with Crippen molar-refractivity contribution in [1.82, 2.24) is 9.88 Å². The van der Waals surface area contributed by atoms with E-state index >= 15 is 0 Å². The molecule has 1 aromatic heterocycles. The van der Waals surface area contributed by atoms with Gasteiger partial charge >= 0.3 is 0 Å². The number of ether oxygens (including phenoxy) is 1. The molecule has 27 heavy (non-hydrogen) atoms. The molecule has 140 valence electrons. The van der Waals surface area contributed by atoms with Crippen molar-refractivity contribution in [2.75, 3.05) is 26.0 Å². The van der Waals surface area contributed by atoms with Crippen LogP contribution in [0, 0.1) is 0 Å². The third kappa shape index (κ3) is 4.70. The predicted molar refractivity (Wildman–Crippen MR) is 109 cm³/mol. The van der Waals surface area contributed by atoms with Gasteiger partial charge in [0.05, 0.1) is 6.61 Å².